The molecule has 0 aliphatic rings. The van der Waals surface area contributed by atoms with Crippen LogP contribution in [0.25, 0.3) is 10.1 Å². The van der Waals surface area contributed by atoms with E-state index < -0.39 is 0 Å². The van der Waals surface area contributed by atoms with Crippen molar-refractivity contribution >= 4 is 37.4 Å². The van der Waals surface area contributed by atoms with E-state index in [1.54, 1.807) is 11.3 Å². The van der Waals surface area contributed by atoms with Crippen molar-refractivity contribution in [3.8, 4) is 0 Å². The van der Waals surface area contributed by atoms with Crippen LogP contribution in [0.4, 0.5) is 0 Å². The normalized spacial score (nSPS) is 11.1. The van der Waals surface area contributed by atoms with E-state index in [1.807, 2.05) is 0 Å². The van der Waals surface area contributed by atoms with Gasteiger partial charge in [0.05, 0.1) is 6.61 Å². The third-order valence-corrected chi connectivity index (χ3v) is 4.10. The van der Waals surface area contributed by atoms with E-state index in [9.17, 15) is 5.11 Å². The van der Waals surface area contributed by atoms with E-state index in [0.29, 0.717) is 0 Å². The van der Waals surface area contributed by atoms with Gasteiger partial charge in [-0.05, 0) is 35.1 Å². The quantitative estimate of drug-likeness (QED) is 0.827. The highest BCUT2D eigenvalue weighted by Gasteiger charge is 2.09. The van der Waals surface area contributed by atoms with Gasteiger partial charge in [-0.15, -0.1) is 11.3 Å². The van der Waals surface area contributed by atoms with Crippen molar-refractivity contribution in [3.05, 3.63) is 34.2 Å². The Bertz CT molecular complexity index is 462. The van der Waals surface area contributed by atoms with Crippen LogP contribution in [0.5, 0.6) is 0 Å². The van der Waals surface area contributed by atoms with Crippen LogP contribution in [0.15, 0.2) is 17.5 Å². The van der Waals surface area contributed by atoms with Crippen LogP contribution in [0.2, 0.25) is 0 Å². The SMILES string of the molecule is Cc1csc2ccc(CBr)c(CO)c12. The molecule has 0 bridgehead atoms. The Morgan fingerprint density at radius 2 is 2.21 bits per heavy atom. The molecule has 0 aliphatic carbocycles. The summed E-state index contributed by atoms with van der Waals surface area (Å²) < 4.78 is 1.26. The predicted molar refractivity (Wildman–Crippen MR) is 65.1 cm³/mol. The van der Waals surface area contributed by atoms with E-state index in [-0.39, 0.29) is 6.61 Å². The highest BCUT2D eigenvalue weighted by atomic mass is 79.9. The molecule has 3 heteroatoms. The van der Waals surface area contributed by atoms with Gasteiger partial charge in [-0.25, -0.2) is 0 Å². The topological polar surface area (TPSA) is 20.2 Å². The lowest BCUT2D eigenvalue weighted by atomic mass is 10.0. The van der Waals surface area contributed by atoms with E-state index in [1.165, 1.54) is 21.2 Å². The minimum absolute atomic E-state index is 0.121. The van der Waals surface area contributed by atoms with E-state index in [4.69, 9.17) is 0 Å². The number of alkyl halides is 1. The number of rotatable bonds is 2. The van der Waals surface area contributed by atoms with E-state index in [0.717, 1.165) is 10.9 Å². The van der Waals surface area contributed by atoms with E-state index >= 15 is 0 Å². The number of benzene rings is 1. The predicted octanol–water partition coefficient (Wildman–Crippen LogP) is 3.60. The Hall–Kier alpha value is -0.380. The molecule has 14 heavy (non-hydrogen) atoms. The number of fused-ring (bicyclic) bond motifs is 1. The third kappa shape index (κ3) is 1.49. The van der Waals surface area contributed by atoms with Crippen molar-refractivity contribution in [2.75, 3.05) is 0 Å². The van der Waals surface area contributed by atoms with Gasteiger partial charge in [-0.3, -0.25) is 0 Å². The molecule has 1 aromatic heterocycles. The molecule has 0 unspecified atom stereocenters. The van der Waals surface area contributed by atoms with Crippen molar-refractivity contribution in [2.45, 2.75) is 18.9 Å². The Kier molecular flexibility index (Phi) is 2.91. The summed E-state index contributed by atoms with van der Waals surface area (Å²) in [5.74, 6) is 0. The monoisotopic (exact) mass is 270 g/mol. The molecule has 0 saturated heterocycles. The van der Waals surface area contributed by atoms with Crippen molar-refractivity contribution in [1.29, 1.82) is 0 Å². The molecule has 1 aromatic carbocycles. The molecular formula is C11H11BrOS. The molecule has 1 nitrogen and oxygen atoms in total. The zero-order valence-corrected chi connectivity index (χ0v) is 10.3. The summed E-state index contributed by atoms with van der Waals surface area (Å²) >= 11 is 5.18. The lowest BCUT2D eigenvalue weighted by Crippen LogP contribution is -1.92. The number of aliphatic hydroxyl groups excluding tert-OH is 1. The summed E-state index contributed by atoms with van der Waals surface area (Å²) in [7, 11) is 0. The maximum absolute atomic E-state index is 9.37. The zero-order valence-electron chi connectivity index (χ0n) is 7.88. The van der Waals surface area contributed by atoms with Gasteiger partial charge in [0, 0.05) is 15.4 Å². The fourth-order valence-corrected chi connectivity index (χ4v) is 3.21. The average Bonchev–Trinajstić information content (AvgIpc) is 2.59. The van der Waals surface area contributed by atoms with Crippen LogP contribution < -0.4 is 0 Å². The van der Waals surface area contributed by atoms with Gasteiger partial charge in [0.2, 0.25) is 0 Å². The molecule has 2 rings (SSSR count). The van der Waals surface area contributed by atoms with Crippen LogP contribution in [0.3, 0.4) is 0 Å². The summed E-state index contributed by atoms with van der Waals surface area (Å²) in [6.45, 7) is 2.21. The second-order valence-electron chi connectivity index (χ2n) is 3.29. The standard InChI is InChI=1S/C11H11BrOS/c1-7-6-14-10-3-2-8(4-12)9(5-13)11(7)10/h2-3,6,13H,4-5H2,1H3. The second-order valence-corrected chi connectivity index (χ2v) is 4.76. The minimum Gasteiger partial charge on any atom is -0.392 e. The van der Waals surface area contributed by atoms with Gasteiger partial charge in [0.25, 0.3) is 0 Å². The molecule has 1 heterocycles. The molecule has 0 aliphatic heterocycles. The number of halogens is 1. The largest absolute Gasteiger partial charge is 0.392 e. The fraction of sp³-hybridized carbons (Fsp3) is 0.273. The minimum atomic E-state index is 0.121. The molecule has 0 saturated carbocycles. The van der Waals surface area contributed by atoms with Gasteiger partial charge >= 0.3 is 0 Å². The fourth-order valence-electron chi connectivity index (χ4n) is 1.72. The first-order chi connectivity index (χ1) is 6.77. The molecule has 1 N–H and O–H groups in total. The molecule has 0 fully saturated rings. The number of hydrogen-bond acceptors (Lipinski definition) is 2. The third-order valence-electron chi connectivity index (χ3n) is 2.43. The lowest BCUT2D eigenvalue weighted by Gasteiger charge is -2.06. The smallest absolute Gasteiger partial charge is 0.0691 e. The number of aryl methyl sites for hydroxylation is 1. The summed E-state index contributed by atoms with van der Waals surface area (Å²) in [6.07, 6.45) is 0. The molecular weight excluding hydrogens is 260 g/mol. The molecule has 0 radical (unpaired) electrons. The molecule has 2 aromatic rings. The summed E-state index contributed by atoms with van der Waals surface area (Å²) in [6, 6.07) is 4.21. The van der Waals surface area contributed by atoms with Crippen LogP contribution >= 0.6 is 27.3 Å². The van der Waals surface area contributed by atoms with Crippen LogP contribution in [-0.4, -0.2) is 5.11 Å². The van der Waals surface area contributed by atoms with E-state index in [2.05, 4.69) is 40.4 Å². The number of aliphatic hydroxyl groups is 1. The van der Waals surface area contributed by atoms with Crippen molar-refractivity contribution in [3.63, 3.8) is 0 Å². The average molecular weight is 271 g/mol. The summed E-state index contributed by atoms with van der Waals surface area (Å²) in [4.78, 5) is 0. The molecule has 74 valence electrons. The Morgan fingerprint density at radius 1 is 1.43 bits per heavy atom. The van der Waals surface area contributed by atoms with Gasteiger partial charge in [-0.1, -0.05) is 22.0 Å². The maximum atomic E-state index is 9.37. The van der Waals surface area contributed by atoms with Gasteiger partial charge in [0.15, 0.2) is 0 Å². The number of hydrogen-bond donors (Lipinski definition) is 1. The first-order valence-electron chi connectivity index (χ1n) is 4.43. The molecule has 0 amide bonds. The van der Waals surface area contributed by atoms with Crippen LogP contribution in [-0.2, 0) is 11.9 Å². The van der Waals surface area contributed by atoms with Gasteiger partial charge in [-0.2, -0.15) is 0 Å². The van der Waals surface area contributed by atoms with Crippen LogP contribution in [0.1, 0.15) is 16.7 Å². The summed E-state index contributed by atoms with van der Waals surface area (Å²) in [5, 5.41) is 13.5. The lowest BCUT2D eigenvalue weighted by molar-refractivity contribution is 0.282. The highest BCUT2D eigenvalue weighted by molar-refractivity contribution is 9.08. The second kappa shape index (κ2) is 4.01. The Balaban J connectivity index is 2.81. The summed E-state index contributed by atoms with van der Waals surface area (Å²) in [5.41, 5.74) is 3.51. The maximum Gasteiger partial charge on any atom is 0.0691 e. The first kappa shape index (κ1) is 10.1. The van der Waals surface area contributed by atoms with Crippen LogP contribution in [0, 0.1) is 6.92 Å². The first-order valence-corrected chi connectivity index (χ1v) is 6.43. The van der Waals surface area contributed by atoms with Crippen molar-refractivity contribution < 1.29 is 5.11 Å². The Morgan fingerprint density at radius 3 is 2.86 bits per heavy atom. The molecule has 0 spiro atoms. The van der Waals surface area contributed by atoms with Gasteiger partial charge < -0.3 is 5.11 Å². The Labute approximate surface area is 95.5 Å². The molecule has 0 atom stereocenters. The van der Waals surface area contributed by atoms with Crippen molar-refractivity contribution in [1.82, 2.24) is 0 Å². The van der Waals surface area contributed by atoms with Gasteiger partial charge in [0.1, 0.15) is 0 Å². The zero-order chi connectivity index (χ0) is 10.1. The number of thiophene rings is 1. The highest BCUT2D eigenvalue weighted by Crippen LogP contribution is 2.31. The van der Waals surface area contributed by atoms with Crippen molar-refractivity contribution in [2.24, 2.45) is 0 Å².